The molecule has 35 heavy (non-hydrogen) atoms. The molecular weight excluding hydrogens is 482 g/mol. The molecular formula is C26H30ClN5O2S. The van der Waals surface area contributed by atoms with Gasteiger partial charge in [0.1, 0.15) is 5.82 Å². The van der Waals surface area contributed by atoms with Crippen LogP contribution in [0.5, 0.6) is 0 Å². The van der Waals surface area contributed by atoms with Crippen molar-refractivity contribution in [3.63, 3.8) is 0 Å². The number of hydrogen-bond donors (Lipinski definition) is 3. The number of nitrogen functional groups attached to an aromatic ring is 1. The molecule has 1 fully saturated rings. The van der Waals surface area contributed by atoms with Crippen molar-refractivity contribution < 1.29 is 8.42 Å². The molecule has 0 aliphatic heterocycles. The van der Waals surface area contributed by atoms with E-state index in [-0.39, 0.29) is 17.3 Å². The van der Waals surface area contributed by atoms with E-state index >= 15 is 0 Å². The SMILES string of the molecule is Cl.Nc1nc(NCC2CCC(Cc3ccc4ccccc4c3S(N)(=O)=O)CC2)nc2ccccc12. The zero-order chi connectivity index (χ0) is 23.7. The van der Waals surface area contributed by atoms with Gasteiger partial charge in [0.05, 0.1) is 10.4 Å². The Morgan fingerprint density at radius 2 is 1.51 bits per heavy atom. The third-order valence-corrected chi connectivity index (χ3v) is 7.95. The van der Waals surface area contributed by atoms with Gasteiger partial charge in [-0.15, -0.1) is 12.4 Å². The van der Waals surface area contributed by atoms with Crippen LogP contribution in [0.2, 0.25) is 0 Å². The van der Waals surface area contributed by atoms with Crippen LogP contribution < -0.4 is 16.2 Å². The molecule has 1 saturated carbocycles. The van der Waals surface area contributed by atoms with Crippen molar-refractivity contribution >= 4 is 55.9 Å². The summed E-state index contributed by atoms with van der Waals surface area (Å²) in [6.45, 7) is 0.795. The van der Waals surface area contributed by atoms with Gasteiger partial charge in [0.2, 0.25) is 16.0 Å². The van der Waals surface area contributed by atoms with E-state index in [0.29, 0.717) is 29.0 Å². The number of hydrogen-bond acceptors (Lipinski definition) is 6. The number of anilines is 2. The fraction of sp³-hybridized carbons (Fsp3) is 0.308. The van der Waals surface area contributed by atoms with E-state index < -0.39 is 10.0 Å². The monoisotopic (exact) mass is 511 g/mol. The largest absolute Gasteiger partial charge is 0.383 e. The molecule has 5 N–H and O–H groups in total. The van der Waals surface area contributed by atoms with Crippen LogP contribution in [0.1, 0.15) is 31.2 Å². The van der Waals surface area contributed by atoms with Gasteiger partial charge in [0.25, 0.3) is 0 Å². The van der Waals surface area contributed by atoms with E-state index in [2.05, 4.69) is 15.3 Å². The average molecular weight is 512 g/mol. The van der Waals surface area contributed by atoms with Gasteiger partial charge in [-0.2, -0.15) is 4.98 Å². The first-order chi connectivity index (χ1) is 16.4. The van der Waals surface area contributed by atoms with Crippen LogP contribution in [0.3, 0.4) is 0 Å². The maximum absolute atomic E-state index is 12.4. The minimum absolute atomic E-state index is 0. The average Bonchev–Trinajstić information content (AvgIpc) is 2.83. The fourth-order valence-electron chi connectivity index (χ4n) is 5.15. The minimum Gasteiger partial charge on any atom is -0.383 e. The summed E-state index contributed by atoms with van der Waals surface area (Å²) >= 11 is 0. The van der Waals surface area contributed by atoms with Gasteiger partial charge in [-0.25, -0.2) is 18.5 Å². The molecule has 5 rings (SSSR count). The fourth-order valence-corrected chi connectivity index (χ4v) is 6.16. The van der Waals surface area contributed by atoms with Gasteiger partial charge >= 0.3 is 0 Å². The quantitative estimate of drug-likeness (QED) is 0.338. The molecule has 184 valence electrons. The van der Waals surface area contributed by atoms with Crippen LogP contribution in [0, 0.1) is 11.8 Å². The molecule has 0 amide bonds. The van der Waals surface area contributed by atoms with Crippen LogP contribution >= 0.6 is 12.4 Å². The number of aromatic nitrogens is 2. The number of nitrogens with one attached hydrogen (secondary N) is 1. The maximum Gasteiger partial charge on any atom is 0.238 e. The predicted molar refractivity (Wildman–Crippen MR) is 144 cm³/mol. The number of nitrogens with zero attached hydrogens (tertiary/aromatic N) is 2. The lowest BCUT2D eigenvalue weighted by Crippen LogP contribution is -2.24. The Hall–Kier alpha value is -2.94. The first-order valence-electron chi connectivity index (χ1n) is 11.7. The third-order valence-electron chi connectivity index (χ3n) is 6.90. The zero-order valence-corrected chi connectivity index (χ0v) is 21.0. The van der Waals surface area contributed by atoms with Crippen LogP contribution in [-0.2, 0) is 16.4 Å². The number of halogens is 1. The maximum atomic E-state index is 12.4. The lowest BCUT2D eigenvalue weighted by Gasteiger charge is -2.29. The van der Waals surface area contributed by atoms with Crippen molar-refractivity contribution in [1.82, 2.24) is 9.97 Å². The molecule has 0 spiro atoms. The van der Waals surface area contributed by atoms with E-state index in [1.807, 2.05) is 60.7 Å². The Morgan fingerprint density at radius 3 is 2.26 bits per heavy atom. The summed E-state index contributed by atoms with van der Waals surface area (Å²) in [5.41, 5.74) is 7.75. The Labute approximate surface area is 211 Å². The van der Waals surface area contributed by atoms with Crippen molar-refractivity contribution in [2.75, 3.05) is 17.6 Å². The van der Waals surface area contributed by atoms with Crippen LogP contribution in [0.15, 0.2) is 65.6 Å². The summed E-state index contributed by atoms with van der Waals surface area (Å²) in [4.78, 5) is 9.26. The number of para-hydroxylation sites is 1. The second-order valence-corrected chi connectivity index (χ2v) is 10.7. The number of sulfonamides is 1. The molecule has 1 heterocycles. The second-order valence-electron chi connectivity index (χ2n) is 9.24. The Morgan fingerprint density at radius 1 is 0.857 bits per heavy atom. The van der Waals surface area contributed by atoms with E-state index in [9.17, 15) is 8.42 Å². The molecule has 1 aliphatic carbocycles. The normalized spacial score (nSPS) is 18.3. The summed E-state index contributed by atoms with van der Waals surface area (Å²) in [5, 5.41) is 11.5. The predicted octanol–water partition coefficient (Wildman–Crippen LogP) is 4.90. The van der Waals surface area contributed by atoms with Crippen LogP contribution in [0.4, 0.5) is 11.8 Å². The van der Waals surface area contributed by atoms with Gasteiger partial charge in [0, 0.05) is 17.3 Å². The van der Waals surface area contributed by atoms with Gasteiger partial charge in [-0.1, -0.05) is 48.5 Å². The Bertz CT molecular complexity index is 1450. The molecule has 0 saturated heterocycles. The molecule has 3 aromatic carbocycles. The highest BCUT2D eigenvalue weighted by molar-refractivity contribution is 7.89. The van der Waals surface area contributed by atoms with Crippen molar-refractivity contribution in [3.05, 3.63) is 66.2 Å². The zero-order valence-electron chi connectivity index (χ0n) is 19.4. The van der Waals surface area contributed by atoms with Gasteiger partial charge in [0.15, 0.2) is 0 Å². The first-order valence-corrected chi connectivity index (χ1v) is 13.2. The highest BCUT2D eigenvalue weighted by atomic mass is 35.5. The number of rotatable bonds is 6. The molecule has 4 aromatic rings. The van der Waals surface area contributed by atoms with E-state index in [1.54, 1.807) is 0 Å². The number of benzene rings is 3. The molecule has 9 heteroatoms. The summed E-state index contributed by atoms with van der Waals surface area (Å²) in [6, 6.07) is 19.2. The smallest absolute Gasteiger partial charge is 0.238 e. The van der Waals surface area contributed by atoms with Crippen molar-refractivity contribution in [3.8, 4) is 0 Å². The van der Waals surface area contributed by atoms with Crippen LogP contribution in [-0.4, -0.2) is 24.9 Å². The molecule has 0 bridgehead atoms. The van der Waals surface area contributed by atoms with Gasteiger partial charge in [-0.05, 0) is 67.0 Å². The lowest BCUT2D eigenvalue weighted by atomic mass is 9.79. The molecule has 0 unspecified atom stereocenters. The van der Waals surface area contributed by atoms with Crippen molar-refractivity contribution in [2.45, 2.75) is 37.0 Å². The number of nitrogens with two attached hydrogens (primary N) is 2. The highest BCUT2D eigenvalue weighted by Gasteiger charge is 2.25. The summed E-state index contributed by atoms with van der Waals surface area (Å²) in [5.74, 6) is 2.00. The van der Waals surface area contributed by atoms with Crippen molar-refractivity contribution in [1.29, 1.82) is 0 Å². The lowest BCUT2D eigenvalue weighted by molar-refractivity contribution is 0.281. The minimum atomic E-state index is -3.81. The van der Waals surface area contributed by atoms with Crippen molar-refractivity contribution in [2.24, 2.45) is 17.0 Å². The summed E-state index contributed by atoms with van der Waals surface area (Å²) in [7, 11) is -3.81. The molecule has 1 aliphatic rings. The standard InChI is InChI=1S/C26H29N5O2S.ClH/c27-25-22-7-3-4-8-23(22)30-26(31-25)29-16-18-11-9-17(10-12-18)15-20-14-13-19-5-1-2-6-21(19)24(20)34(28,32)33;/h1-8,13-14,17-18H,9-12,15-16H2,(H2,28,32,33)(H3,27,29,30,31);1H. The number of fused-ring (bicyclic) bond motifs is 2. The molecule has 1 aromatic heterocycles. The van der Waals surface area contributed by atoms with E-state index in [1.165, 1.54) is 0 Å². The van der Waals surface area contributed by atoms with Gasteiger partial charge < -0.3 is 11.1 Å². The summed E-state index contributed by atoms with van der Waals surface area (Å²) < 4.78 is 24.9. The second kappa shape index (κ2) is 10.4. The first kappa shape index (κ1) is 25.2. The van der Waals surface area contributed by atoms with Gasteiger partial charge in [-0.3, -0.25) is 0 Å². The Balaban J connectivity index is 0.00000289. The molecule has 0 radical (unpaired) electrons. The van der Waals surface area contributed by atoms with E-state index in [0.717, 1.165) is 60.5 Å². The Kier molecular flexibility index (Phi) is 7.44. The molecule has 0 atom stereocenters. The number of primary sulfonamides is 1. The third kappa shape index (κ3) is 5.50. The molecule has 7 nitrogen and oxygen atoms in total. The van der Waals surface area contributed by atoms with Crippen LogP contribution in [0.25, 0.3) is 21.7 Å². The topological polar surface area (TPSA) is 124 Å². The van der Waals surface area contributed by atoms with E-state index in [4.69, 9.17) is 10.9 Å². The summed E-state index contributed by atoms with van der Waals surface area (Å²) in [6.07, 6.45) is 4.95. The highest BCUT2D eigenvalue weighted by Crippen LogP contribution is 2.34.